The number of hydrogen-bond acceptors (Lipinski definition) is 4. The van der Waals surface area contributed by atoms with Crippen LogP contribution in [0.3, 0.4) is 0 Å². The van der Waals surface area contributed by atoms with Crippen molar-refractivity contribution < 1.29 is 19.4 Å². The van der Waals surface area contributed by atoms with Gasteiger partial charge in [0.25, 0.3) is 0 Å². The van der Waals surface area contributed by atoms with Gasteiger partial charge in [0.2, 0.25) is 5.24 Å². The van der Waals surface area contributed by atoms with Gasteiger partial charge >= 0.3 is 5.97 Å². The quantitative estimate of drug-likeness (QED) is 0.334. The van der Waals surface area contributed by atoms with E-state index in [2.05, 4.69) is 22.6 Å². The first-order valence-corrected chi connectivity index (χ1v) is 8.49. The van der Waals surface area contributed by atoms with Crippen molar-refractivity contribution in [2.75, 3.05) is 0 Å². The molecule has 4 atom stereocenters. The fraction of sp³-hybridized carbons (Fsp3) is 0.857. The molecule has 112 valence electrons. The molecule has 0 radical (unpaired) electrons. The lowest BCUT2D eigenvalue weighted by atomic mass is 9.52. The summed E-state index contributed by atoms with van der Waals surface area (Å²) in [5.41, 5.74) is -1.20. The third kappa shape index (κ3) is 2.86. The van der Waals surface area contributed by atoms with E-state index in [0.717, 1.165) is 32.1 Å². The molecule has 0 spiro atoms. The van der Waals surface area contributed by atoms with E-state index >= 15 is 0 Å². The molecule has 4 fully saturated rings. The monoisotopic (exact) mass is 412 g/mol. The maximum Gasteiger partial charge on any atom is 0.306 e. The van der Waals surface area contributed by atoms with E-state index < -0.39 is 16.4 Å². The highest BCUT2D eigenvalue weighted by molar-refractivity contribution is 14.1. The second-order valence-corrected chi connectivity index (χ2v) is 9.61. The van der Waals surface area contributed by atoms with Crippen LogP contribution in [0.4, 0.5) is 0 Å². The van der Waals surface area contributed by atoms with E-state index in [4.69, 9.17) is 16.3 Å². The Kier molecular flexibility index (Phi) is 3.62. The summed E-state index contributed by atoms with van der Waals surface area (Å²) in [4.78, 5) is 22.7. The largest absolute Gasteiger partial charge is 0.459 e. The second-order valence-electron chi connectivity index (χ2n) is 6.90. The Balaban J connectivity index is 1.72. The average Bonchev–Trinajstić information content (AvgIpc) is 2.20. The molecule has 0 amide bonds. The molecule has 4 bridgehead atoms. The molecule has 0 aromatic carbocycles. The van der Waals surface area contributed by atoms with Crippen LogP contribution in [-0.2, 0) is 14.3 Å². The summed E-state index contributed by atoms with van der Waals surface area (Å²) in [7, 11) is 0. The number of alkyl halides is 1. The van der Waals surface area contributed by atoms with E-state index in [1.165, 1.54) is 0 Å². The van der Waals surface area contributed by atoms with Gasteiger partial charge in [0.15, 0.2) is 0 Å². The predicted molar refractivity (Wildman–Crippen MR) is 81.8 cm³/mol. The molecule has 4 aliphatic carbocycles. The summed E-state index contributed by atoms with van der Waals surface area (Å²) in [6.45, 7) is 0. The number of rotatable bonds is 4. The molecule has 20 heavy (non-hydrogen) atoms. The lowest BCUT2D eigenvalue weighted by Crippen LogP contribution is -2.65. The molecule has 4 saturated carbocycles. The lowest BCUT2D eigenvalue weighted by molar-refractivity contribution is -0.212. The van der Waals surface area contributed by atoms with Gasteiger partial charge in [-0.3, -0.25) is 9.59 Å². The van der Waals surface area contributed by atoms with E-state index in [0.29, 0.717) is 12.3 Å². The zero-order valence-corrected chi connectivity index (χ0v) is 14.1. The van der Waals surface area contributed by atoms with Crippen molar-refractivity contribution in [2.45, 2.75) is 66.0 Å². The number of halogens is 2. The van der Waals surface area contributed by atoms with Crippen LogP contribution in [0, 0.1) is 5.92 Å². The summed E-state index contributed by atoms with van der Waals surface area (Å²) >= 11 is 7.69. The van der Waals surface area contributed by atoms with Crippen molar-refractivity contribution in [1.82, 2.24) is 0 Å². The summed E-state index contributed by atoms with van der Waals surface area (Å²) in [5, 5.41) is 10.2. The number of carbonyl (C=O) groups is 2. The number of esters is 1. The number of carbonyl (C=O) groups excluding carboxylic acids is 2. The van der Waals surface area contributed by atoms with Crippen LogP contribution in [0.25, 0.3) is 0 Å². The van der Waals surface area contributed by atoms with Crippen LogP contribution in [0.2, 0.25) is 0 Å². The number of aliphatic hydroxyl groups is 1. The van der Waals surface area contributed by atoms with Gasteiger partial charge in [-0.15, -0.1) is 0 Å². The van der Waals surface area contributed by atoms with Crippen LogP contribution in [0.15, 0.2) is 0 Å². The normalized spacial score (nSPS) is 45.5. The summed E-state index contributed by atoms with van der Waals surface area (Å²) in [5.74, 6) is 0.0696. The third-order valence-electron chi connectivity index (χ3n) is 4.78. The highest BCUT2D eigenvalue weighted by Gasteiger charge is 2.64. The fourth-order valence-corrected chi connectivity index (χ4v) is 6.91. The Labute approximate surface area is 136 Å². The Morgan fingerprint density at radius 2 is 1.95 bits per heavy atom. The van der Waals surface area contributed by atoms with Crippen molar-refractivity contribution in [1.29, 1.82) is 0 Å². The lowest BCUT2D eigenvalue weighted by Gasteiger charge is -2.62. The van der Waals surface area contributed by atoms with Crippen LogP contribution >= 0.6 is 34.2 Å². The molecule has 4 rings (SSSR count). The molecule has 0 aromatic heterocycles. The van der Waals surface area contributed by atoms with Gasteiger partial charge in [-0.2, -0.15) is 0 Å². The standard InChI is InChI=1S/C14H18ClIO4/c15-10(17)1-2-11(18)20-14-5-9-3-12(16,7-14)6-13(19,4-9)8-14/h9,19H,1-8H2. The Hall–Kier alpha value is 0.120. The van der Waals surface area contributed by atoms with E-state index in [1.807, 2.05) is 0 Å². The van der Waals surface area contributed by atoms with E-state index in [1.54, 1.807) is 0 Å². The highest BCUT2D eigenvalue weighted by Crippen LogP contribution is 2.63. The maximum absolute atomic E-state index is 11.9. The minimum absolute atomic E-state index is 0.0134. The van der Waals surface area contributed by atoms with Gasteiger partial charge in [-0.05, 0) is 43.2 Å². The van der Waals surface area contributed by atoms with Gasteiger partial charge in [-0.1, -0.05) is 22.6 Å². The van der Waals surface area contributed by atoms with Gasteiger partial charge in [0, 0.05) is 22.7 Å². The van der Waals surface area contributed by atoms with Gasteiger partial charge in [-0.25, -0.2) is 0 Å². The number of ether oxygens (including phenoxy) is 1. The molecule has 4 unspecified atom stereocenters. The predicted octanol–water partition coefficient (Wildman–Crippen LogP) is 2.72. The molecule has 0 saturated heterocycles. The topological polar surface area (TPSA) is 63.6 Å². The first-order valence-electron chi connectivity index (χ1n) is 7.03. The molecule has 6 heteroatoms. The van der Waals surface area contributed by atoms with Gasteiger partial charge in [0.1, 0.15) is 5.60 Å². The molecular formula is C14H18ClIO4. The molecule has 4 nitrogen and oxygen atoms in total. The van der Waals surface area contributed by atoms with Gasteiger partial charge in [0.05, 0.1) is 12.0 Å². The summed E-state index contributed by atoms with van der Waals surface area (Å²) < 4.78 is 5.77. The molecule has 0 heterocycles. The summed E-state index contributed by atoms with van der Waals surface area (Å²) in [6, 6.07) is 0. The molecular weight excluding hydrogens is 395 g/mol. The fourth-order valence-electron chi connectivity index (χ4n) is 4.79. The molecule has 0 aliphatic heterocycles. The Bertz CT molecular complexity index is 448. The van der Waals surface area contributed by atoms with Crippen molar-refractivity contribution >= 4 is 45.4 Å². The SMILES string of the molecule is O=C(Cl)CCC(=O)OC12CC3CC(O)(CC(I)(C3)C1)C2. The Morgan fingerprint density at radius 1 is 1.20 bits per heavy atom. The summed E-state index contributed by atoms with van der Waals surface area (Å²) in [6.07, 6.45) is 4.99. The minimum atomic E-state index is -0.677. The van der Waals surface area contributed by atoms with E-state index in [9.17, 15) is 14.7 Å². The minimum Gasteiger partial charge on any atom is -0.459 e. The highest BCUT2D eigenvalue weighted by atomic mass is 127. The first kappa shape index (κ1) is 15.0. The maximum atomic E-state index is 11.9. The molecule has 0 aromatic rings. The zero-order valence-electron chi connectivity index (χ0n) is 11.2. The second kappa shape index (κ2) is 4.81. The third-order valence-corrected chi connectivity index (χ3v) is 6.17. The van der Waals surface area contributed by atoms with Crippen molar-refractivity contribution in [3.05, 3.63) is 0 Å². The van der Waals surface area contributed by atoms with Crippen LogP contribution in [0.5, 0.6) is 0 Å². The zero-order chi connectivity index (χ0) is 14.6. The van der Waals surface area contributed by atoms with Gasteiger partial charge < -0.3 is 9.84 Å². The van der Waals surface area contributed by atoms with Crippen molar-refractivity contribution in [3.63, 3.8) is 0 Å². The molecule has 1 N–H and O–H groups in total. The number of hydrogen-bond donors (Lipinski definition) is 1. The van der Waals surface area contributed by atoms with Crippen LogP contribution in [-0.4, -0.2) is 30.9 Å². The first-order chi connectivity index (χ1) is 9.22. The van der Waals surface area contributed by atoms with E-state index in [-0.39, 0.29) is 22.2 Å². The van der Waals surface area contributed by atoms with Crippen LogP contribution < -0.4 is 0 Å². The smallest absolute Gasteiger partial charge is 0.306 e. The van der Waals surface area contributed by atoms with Crippen molar-refractivity contribution in [2.24, 2.45) is 5.92 Å². The van der Waals surface area contributed by atoms with Crippen molar-refractivity contribution in [3.8, 4) is 0 Å². The Morgan fingerprint density at radius 3 is 2.55 bits per heavy atom. The van der Waals surface area contributed by atoms with Crippen LogP contribution in [0.1, 0.15) is 51.4 Å². The molecule has 4 aliphatic rings. The average molecular weight is 413 g/mol.